The zero-order valence-electron chi connectivity index (χ0n) is 19.3. The summed E-state index contributed by atoms with van der Waals surface area (Å²) in [4.78, 5) is 32.0. The van der Waals surface area contributed by atoms with E-state index in [0.29, 0.717) is 57.8 Å². The number of carbonyl (C=O) groups excluding carboxylic acids is 2. The Morgan fingerprint density at radius 2 is 1.65 bits per heavy atom. The maximum atomic E-state index is 13.3. The molecule has 3 aromatic rings. The molecule has 0 saturated carbocycles. The molecular formula is C26H28FN5O2. The van der Waals surface area contributed by atoms with Crippen LogP contribution in [0.25, 0.3) is 0 Å². The lowest BCUT2D eigenvalue weighted by molar-refractivity contribution is -0.131. The third-order valence-electron chi connectivity index (χ3n) is 6.72. The van der Waals surface area contributed by atoms with Gasteiger partial charge in [-0.2, -0.15) is 5.10 Å². The molecular weight excluding hydrogens is 433 g/mol. The van der Waals surface area contributed by atoms with Crippen LogP contribution in [0, 0.1) is 12.7 Å². The summed E-state index contributed by atoms with van der Waals surface area (Å²) in [6.45, 7) is 5.51. The number of amides is 2. The minimum absolute atomic E-state index is 0.0574. The number of nitrogens with zero attached hydrogens (tertiary/aromatic N) is 4. The van der Waals surface area contributed by atoms with Gasteiger partial charge in [-0.3, -0.25) is 14.7 Å². The van der Waals surface area contributed by atoms with E-state index in [9.17, 15) is 14.0 Å². The van der Waals surface area contributed by atoms with E-state index >= 15 is 0 Å². The number of aromatic amines is 1. The molecule has 3 heterocycles. The lowest BCUT2D eigenvalue weighted by atomic mass is 10.0. The van der Waals surface area contributed by atoms with Crippen LogP contribution in [0.5, 0.6) is 0 Å². The third-order valence-corrected chi connectivity index (χ3v) is 6.72. The Morgan fingerprint density at radius 1 is 0.941 bits per heavy atom. The van der Waals surface area contributed by atoms with Crippen molar-refractivity contribution in [1.82, 2.24) is 20.0 Å². The molecule has 0 radical (unpaired) electrons. The number of nitrogens with one attached hydrogen (secondary N) is 1. The Labute approximate surface area is 198 Å². The van der Waals surface area contributed by atoms with Gasteiger partial charge in [0.05, 0.1) is 6.42 Å². The molecule has 1 N–H and O–H groups in total. The van der Waals surface area contributed by atoms with Crippen LogP contribution in [-0.2, 0) is 24.2 Å². The van der Waals surface area contributed by atoms with Crippen molar-refractivity contribution in [2.75, 3.05) is 37.6 Å². The molecule has 2 aromatic carbocycles. The fourth-order valence-electron chi connectivity index (χ4n) is 4.65. The van der Waals surface area contributed by atoms with Crippen LogP contribution < -0.4 is 4.90 Å². The van der Waals surface area contributed by atoms with Crippen LogP contribution >= 0.6 is 0 Å². The van der Waals surface area contributed by atoms with E-state index in [1.165, 1.54) is 17.7 Å². The second-order valence-corrected chi connectivity index (χ2v) is 9.01. The first-order valence-corrected chi connectivity index (χ1v) is 11.7. The van der Waals surface area contributed by atoms with Crippen LogP contribution in [0.15, 0.2) is 48.5 Å². The number of hydrogen-bond donors (Lipinski definition) is 1. The van der Waals surface area contributed by atoms with E-state index in [1.54, 1.807) is 12.1 Å². The van der Waals surface area contributed by atoms with Crippen molar-refractivity contribution in [1.29, 1.82) is 0 Å². The predicted octanol–water partition coefficient (Wildman–Crippen LogP) is 2.95. The number of fused-ring (bicyclic) bond motifs is 1. The van der Waals surface area contributed by atoms with E-state index in [2.05, 4.69) is 15.1 Å². The first-order valence-electron chi connectivity index (χ1n) is 11.7. The molecule has 1 aromatic heterocycles. The van der Waals surface area contributed by atoms with E-state index in [0.717, 1.165) is 22.5 Å². The fourth-order valence-corrected chi connectivity index (χ4v) is 4.65. The zero-order chi connectivity index (χ0) is 23.7. The van der Waals surface area contributed by atoms with Gasteiger partial charge in [-0.1, -0.05) is 29.8 Å². The summed E-state index contributed by atoms with van der Waals surface area (Å²) in [6.07, 6.45) is 1.01. The molecule has 8 heteroatoms. The van der Waals surface area contributed by atoms with Crippen molar-refractivity contribution < 1.29 is 14.0 Å². The van der Waals surface area contributed by atoms with Crippen LogP contribution in [0.2, 0.25) is 0 Å². The summed E-state index contributed by atoms with van der Waals surface area (Å²) in [5.74, 6) is -0.307. The standard InChI is InChI=1S/C26H28FN5O2/c1-18-2-4-19(5-3-18)16-24(33)32-11-10-23-22(17-32)25(29-28-23)26(34)31-14-12-30(13-15-31)21-8-6-20(27)7-9-21/h2-9H,10-17H2,1H3,(H,28,29). The third kappa shape index (κ3) is 4.53. The summed E-state index contributed by atoms with van der Waals surface area (Å²) in [7, 11) is 0. The highest BCUT2D eigenvalue weighted by Crippen LogP contribution is 2.24. The molecule has 5 rings (SSSR count). The summed E-state index contributed by atoms with van der Waals surface area (Å²) >= 11 is 0. The molecule has 0 unspecified atom stereocenters. The van der Waals surface area contributed by atoms with Gasteiger partial charge in [-0.25, -0.2) is 4.39 Å². The maximum absolute atomic E-state index is 13.3. The van der Waals surface area contributed by atoms with Crippen molar-refractivity contribution in [3.63, 3.8) is 0 Å². The highest BCUT2D eigenvalue weighted by atomic mass is 19.1. The average molecular weight is 462 g/mol. The Kier molecular flexibility index (Phi) is 6.04. The molecule has 0 atom stereocenters. The van der Waals surface area contributed by atoms with Crippen molar-refractivity contribution in [3.8, 4) is 0 Å². The van der Waals surface area contributed by atoms with Gasteiger partial charge in [0.15, 0.2) is 5.69 Å². The molecule has 1 saturated heterocycles. The summed E-state index contributed by atoms with van der Waals surface area (Å²) < 4.78 is 13.2. The smallest absolute Gasteiger partial charge is 0.274 e. The first kappa shape index (κ1) is 22.1. The monoisotopic (exact) mass is 461 g/mol. The number of rotatable bonds is 4. The second-order valence-electron chi connectivity index (χ2n) is 9.01. The van der Waals surface area contributed by atoms with Gasteiger partial charge >= 0.3 is 0 Å². The molecule has 34 heavy (non-hydrogen) atoms. The topological polar surface area (TPSA) is 72.5 Å². The molecule has 7 nitrogen and oxygen atoms in total. The van der Waals surface area contributed by atoms with Crippen LogP contribution in [0.4, 0.5) is 10.1 Å². The van der Waals surface area contributed by atoms with Gasteiger partial charge in [-0.15, -0.1) is 0 Å². The van der Waals surface area contributed by atoms with E-state index in [1.807, 2.05) is 41.0 Å². The Hall–Kier alpha value is -3.68. The van der Waals surface area contributed by atoms with Gasteiger partial charge in [0.1, 0.15) is 5.82 Å². The van der Waals surface area contributed by atoms with E-state index in [-0.39, 0.29) is 17.6 Å². The van der Waals surface area contributed by atoms with Gasteiger partial charge in [-0.05, 0) is 36.8 Å². The van der Waals surface area contributed by atoms with Gasteiger partial charge in [0, 0.05) is 62.6 Å². The van der Waals surface area contributed by atoms with Crippen LogP contribution in [0.3, 0.4) is 0 Å². The van der Waals surface area contributed by atoms with Crippen molar-refractivity contribution >= 4 is 17.5 Å². The van der Waals surface area contributed by atoms with Gasteiger partial charge in [0.2, 0.25) is 5.91 Å². The number of H-pyrrole nitrogens is 1. The Balaban J connectivity index is 1.23. The summed E-state index contributed by atoms with van der Waals surface area (Å²) in [5.41, 5.74) is 5.29. The summed E-state index contributed by atoms with van der Waals surface area (Å²) in [6, 6.07) is 14.4. The molecule has 1 fully saturated rings. The number of piperazine rings is 1. The lowest BCUT2D eigenvalue weighted by Gasteiger charge is -2.36. The number of halogens is 1. The number of hydrogen-bond acceptors (Lipinski definition) is 4. The molecule has 2 aliphatic rings. The van der Waals surface area contributed by atoms with E-state index < -0.39 is 0 Å². The fraction of sp³-hybridized carbons (Fsp3) is 0.346. The van der Waals surface area contributed by atoms with Crippen LogP contribution in [0.1, 0.15) is 32.9 Å². The highest BCUT2D eigenvalue weighted by molar-refractivity contribution is 5.94. The predicted molar refractivity (Wildman–Crippen MR) is 127 cm³/mol. The Bertz CT molecular complexity index is 1180. The molecule has 2 amide bonds. The molecule has 0 bridgehead atoms. The Morgan fingerprint density at radius 3 is 2.35 bits per heavy atom. The maximum Gasteiger partial charge on any atom is 0.274 e. The van der Waals surface area contributed by atoms with Crippen molar-refractivity contribution in [3.05, 3.63) is 82.4 Å². The zero-order valence-corrected chi connectivity index (χ0v) is 19.3. The highest BCUT2D eigenvalue weighted by Gasteiger charge is 2.31. The normalized spacial score (nSPS) is 15.9. The quantitative estimate of drug-likeness (QED) is 0.649. The van der Waals surface area contributed by atoms with Crippen molar-refractivity contribution in [2.24, 2.45) is 0 Å². The van der Waals surface area contributed by atoms with E-state index in [4.69, 9.17) is 0 Å². The largest absolute Gasteiger partial charge is 0.368 e. The summed E-state index contributed by atoms with van der Waals surface area (Å²) in [5, 5.41) is 7.36. The molecule has 176 valence electrons. The number of carbonyl (C=O) groups is 2. The minimum atomic E-state index is -0.257. The number of benzene rings is 2. The average Bonchev–Trinajstić information content (AvgIpc) is 3.29. The number of aromatic nitrogens is 2. The molecule has 0 spiro atoms. The minimum Gasteiger partial charge on any atom is -0.368 e. The second kappa shape index (κ2) is 9.29. The first-order chi connectivity index (χ1) is 16.5. The lowest BCUT2D eigenvalue weighted by Crippen LogP contribution is -2.49. The van der Waals surface area contributed by atoms with Gasteiger partial charge in [0.25, 0.3) is 5.91 Å². The van der Waals surface area contributed by atoms with Crippen LogP contribution in [-0.4, -0.2) is 64.5 Å². The molecule has 2 aliphatic heterocycles. The number of anilines is 1. The SMILES string of the molecule is Cc1ccc(CC(=O)N2CCc3[nH]nc(C(=O)N4CCN(c5ccc(F)cc5)CC4)c3C2)cc1. The number of aryl methyl sites for hydroxylation is 1. The van der Waals surface area contributed by atoms with Crippen molar-refractivity contribution in [2.45, 2.75) is 26.3 Å². The van der Waals surface area contributed by atoms with Gasteiger partial charge < -0.3 is 14.7 Å². The molecule has 0 aliphatic carbocycles.